The number of carbonyl (C=O) groups is 8. The van der Waals surface area contributed by atoms with Gasteiger partial charge in [-0.05, 0) is 39.8 Å². The Morgan fingerprint density at radius 1 is 0.500 bits per heavy atom. The first-order valence-corrected chi connectivity index (χ1v) is 13.6. The van der Waals surface area contributed by atoms with Gasteiger partial charge < -0.3 is 38.6 Å². The maximum absolute atomic E-state index is 13.2. The number of ether oxygens (including phenoxy) is 6. The third-order valence-electron chi connectivity index (χ3n) is 5.60. The predicted octanol–water partition coefficient (Wildman–Crippen LogP) is 2.61. The van der Waals surface area contributed by atoms with Gasteiger partial charge in [-0.25, -0.2) is 38.4 Å². The SMILES string of the molecule is C=C(C)C(=O)OCC(COC(=O)C(=C)C)OC(=O)c1cc(C(=O)O)c(C(=O)OC(COC(=O)C(=C)C)COC(=O)C(=C)C)cc1C(=O)O. The lowest BCUT2D eigenvalue weighted by molar-refractivity contribution is -0.149. The quantitative estimate of drug-likeness (QED) is 0.129. The van der Waals surface area contributed by atoms with Crippen molar-refractivity contribution in [3.05, 3.63) is 83.0 Å². The largest absolute Gasteiger partial charge is 0.478 e. The number of esters is 6. The molecule has 258 valence electrons. The zero-order valence-corrected chi connectivity index (χ0v) is 26.6. The van der Waals surface area contributed by atoms with Crippen molar-refractivity contribution < 1.29 is 77.0 Å². The maximum Gasteiger partial charge on any atom is 0.339 e. The first kappa shape index (κ1) is 40.0. The minimum atomic E-state index is -1.81. The van der Waals surface area contributed by atoms with Gasteiger partial charge in [0.15, 0.2) is 12.2 Å². The molecule has 0 saturated carbocycles. The fraction of sp³-hybridized carbons (Fsp3) is 0.312. The number of aromatic carboxylic acids is 2. The molecule has 0 aliphatic rings. The molecule has 0 radical (unpaired) electrons. The Morgan fingerprint density at radius 2 is 0.729 bits per heavy atom. The van der Waals surface area contributed by atoms with E-state index in [4.69, 9.17) is 28.4 Å². The van der Waals surface area contributed by atoms with Crippen molar-refractivity contribution >= 4 is 47.8 Å². The van der Waals surface area contributed by atoms with E-state index >= 15 is 0 Å². The van der Waals surface area contributed by atoms with Crippen LogP contribution < -0.4 is 0 Å². The highest BCUT2D eigenvalue weighted by molar-refractivity contribution is 6.09. The third-order valence-corrected chi connectivity index (χ3v) is 5.60. The summed E-state index contributed by atoms with van der Waals surface area (Å²) in [6.07, 6.45) is -3.04. The van der Waals surface area contributed by atoms with Crippen molar-refractivity contribution in [3.8, 4) is 0 Å². The van der Waals surface area contributed by atoms with E-state index in [2.05, 4.69) is 26.3 Å². The molecule has 0 bridgehead atoms. The van der Waals surface area contributed by atoms with Crippen LogP contribution >= 0.6 is 0 Å². The molecule has 0 atom stereocenters. The second-order valence-corrected chi connectivity index (χ2v) is 10.1. The number of carbonyl (C=O) groups excluding carboxylic acids is 6. The van der Waals surface area contributed by atoms with Crippen LogP contribution in [0.5, 0.6) is 0 Å². The zero-order chi connectivity index (χ0) is 36.9. The van der Waals surface area contributed by atoms with Gasteiger partial charge in [-0.15, -0.1) is 0 Å². The molecule has 0 amide bonds. The van der Waals surface area contributed by atoms with Gasteiger partial charge in [0, 0.05) is 22.3 Å². The summed E-state index contributed by atoms with van der Waals surface area (Å²) in [5.74, 6) is -10.1. The lowest BCUT2D eigenvalue weighted by Crippen LogP contribution is -2.32. The Labute approximate surface area is 274 Å². The molecule has 0 fully saturated rings. The van der Waals surface area contributed by atoms with Gasteiger partial charge in [0.05, 0.1) is 22.3 Å². The van der Waals surface area contributed by atoms with Gasteiger partial charge in [-0.2, -0.15) is 0 Å². The van der Waals surface area contributed by atoms with Crippen molar-refractivity contribution in [3.63, 3.8) is 0 Å². The van der Waals surface area contributed by atoms with Gasteiger partial charge >= 0.3 is 47.8 Å². The average molecular weight is 675 g/mol. The molecular formula is C32H34O16. The van der Waals surface area contributed by atoms with Gasteiger partial charge in [-0.3, -0.25) is 0 Å². The summed E-state index contributed by atoms with van der Waals surface area (Å²) < 4.78 is 30.2. The number of rotatable bonds is 18. The van der Waals surface area contributed by atoms with Crippen LogP contribution in [0, 0.1) is 0 Å². The second-order valence-electron chi connectivity index (χ2n) is 10.1. The molecule has 0 heterocycles. The van der Waals surface area contributed by atoms with Gasteiger partial charge in [0.2, 0.25) is 0 Å². The van der Waals surface area contributed by atoms with E-state index in [1.165, 1.54) is 27.7 Å². The van der Waals surface area contributed by atoms with E-state index in [0.29, 0.717) is 12.1 Å². The first-order chi connectivity index (χ1) is 22.3. The van der Waals surface area contributed by atoms with Crippen LogP contribution in [0.25, 0.3) is 0 Å². The molecule has 48 heavy (non-hydrogen) atoms. The molecule has 2 N–H and O–H groups in total. The van der Waals surface area contributed by atoms with Gasteiger partial charge in [-0.1, -0.05) is 26.3 Å². The van der Waals surface area contributed by atoms with Crippen LogP contribution in [0.15, 0.2) is 60.7 Å². The minimum Gasteiger partial charge on any atom is -0.478 e. The van der Waals surface area contributed by atoms with Gasteiger partial charge in [0.1, 0.15) is 26.4 Å². The molecular weight excluding hydrogens is 640 g/mol. The Hall–Kier alpha value is -6.06. The van der Waals surface area contributed by atoms with E-state index in [0.717, 1.165) is 0 Å². The van der Waals surface area contributed by atoms with Crippen LogP contribution in [0.3, 0.4) is 0 Å². The molecule has 0 unspecified atom stereocenters. The van der Waals surface area contributed by atoms with E-state index < -0.39 is 109 Å². The minimum absolute atomic E-state index is 0.0223. The number of benzene rings is 1. The lowest BCUT2D eigenvalue weighted by Gasteiger charge is -2.20. The van der Waals surface area contributed by atoms with Crippen LogP contribution in [0.1, 0.15) is 69.1 Å². The molecule has 1 aromatic carbocycles. The summed E-state index contributed by atoms with van der Waals surface area (Å²) in [5.41, 5.74) is -3.66. The second kappa shape index (κ2) is 18.2. The summed E-state index contributed by atoms with van der Waals surface area (Å²) in [7, 11) is 0. The van der Waals surface area contributed by atoms with Crippen LogP contribution in [0.2, 0.25) is 0 Å². The van der Waals surface area contributed by atoms with Crippen molar-refractivity contribution in [2.24, 2.45) is 0 Å². The molecule has 16 heteroatoms. The van der Waals surface area contributed by atoms with Crippen LogP contribution in [0.4, 0.5) is 0 Å². The molecule has 16 nitrogen and oxygen atoms in total. The Bertz CT molecular complexity index is 1390. The predicted molar refractivity (Wildman–Crippen MR) is 162 cm³/mol. The average Bonchev–Trinajstić information content (AvgIpc) is 3.01. The Kier molecular flexibility index (Phi) is 15.1. The van der Waals surface area contributed by atoms with E-state index in [9.17, 15) is 48.6 Å². The number of carboxylic acids is 2. The van der Waals surface area contributed by atoms with Crippen molar-refractivity contribution in [1.29, 1.82) is 0 Å². The topological polar surface area (TPSA) is 232 Å². The van der Waals surface area contributed by atoms with Gasteiger partial charge in [0.25, 0.3) is 0 Å². The fourth-order valence-corrected chi connectivity index (χ4v) is 3.12. The van der Waals surface area contributed by atoms with E-state index in [1.807, 2.05) is 0 Å². The summed E-state index contributed by atoms with van der Waals surface area (Å²) in [6.45, 7) is 16.2. The van der Waals surface area contributed by atoms with Crippen molar-refractivity contribution in [1.82, 2.24) is 0 Å². The van der Waals surface area contributed by atoms with Crippen LogP contribution in [-0.2, 0) is 47.6 Å². The molecule has 0 aliphatic carbocycles. The Balaban J connectivity index is 3.50. The lowest BCUT2D eigenvalue weighted by atomic mass is 9.98. The summed E-state index contributed by atoms with van der Waals surface area (Å²) >= 11 is 0. The number of hydrogen-bond donors (Lipinski definition) is 2. The summed E-state index contributed by atoms with van der Waals surface area (Å²) in [6, 6.07) is 1.05. The number of carboxylic acid groups (broad SMARTS) is 2. The monoisotopic (exact) mass is 674 g/mol. The summed E-state index contributed by atoms with van der Waals surface area (Å²) in [5, 5.41) is 19.7. The molecule has 0 saturated heterocycles. The number of hydrogen-bond acceptors (Lipinski definition) is 14. The summed E-state index contributed by atoms with van der Waals surface area (Å²) in [4.78, 5) is 98.1. The highest BCUT2D eigenvalue weighted by atomic mass is 16.6. The fourth-order valence-electron chi connectivity index (χ4n) is 3.12. The standard InChI is InChI=1S/C32H34O16/c1-15(2)27(37)43-11-19(12-44-28(38)16(3)4)47-31(41)23-9-22(26(35)36)24(10-21(23)25(33)34)32(42)48-20(13-45-29(39)17(5)6)14-46-30(40)18(7)8/h9-10,19-20H,1,3,5,7,11-14H2,2,4,6,8H3,(H,33,34)(H,35,36). The van der Waals surface area contributed by atoms with Crippen molar-refractivity contribution in [2.75, 3.05) is 26.4 Å². The maximum atomic E-state index is 13.2. The molecule has 0 spiro atoms. The highest BCUT2D eigenvalue weighted by Crippen LogP contribution is 2.22. The third kappa shape index (κ3) is 12.4. The zero-order valence-electron chi connectivity index (χ0n) is 26.6. The van der Waals surface area contributed by atoms with Crippen LogP contribution in [-0.4, -0.2) is 96.6 Å². The smallest absolute Gasteiger partial charge is 0.339 e. The molecule has 1 rings (SSSR count). The molecule has 1 aromatic rings. The molecule has 0 aliphatic heterocycles. The normalized spacial score (nSPS) is 10.3. The molecule has 0 aromatic heterocycles. The first-order valence-electron chi connectivity index (χ1n) is 13.6. The van der Waals surface area contributed by atoms with E-state index in [1.54, 1.807) is 0 Å². The van der Waals surface area contributed by atoms with E-state index in [-0.39, 0.29) is 22.3 Å². The van der Waals surface area contributed by atoms with Crippen molar-refractivity contribution in [2.45, 2.75) is 39.9 Å². The highest BCUT2D eigenvalue weighted by Gasteiger charge is 2.31. The Morgan fingerprint density at radius 3 is 0.917 bits per heavy atom.